The minimum atomic E-state index is -0.715. The van der Waals surface area contributed by atoms with Gasteiger partial charge in [-0.1, -0.05) is 6.07 Å². The minimum absolute atomic E-state index is 0.00844. The molecule has 116 valence electrons. The van der Waals surface area contributed by atoms with Gasteiger partial charge in [-0.05, 0) is 25.5 Å². The predicted octanol–water partition coefficient (Wildman–Crippen LogP) is 0.934. The van der Waals surface area contributed by atoms with Crippen molar-refractivity contribution in [3.05, 3.63) is 28.7 Å². The normalized spacial score (nSPS) is 14.2. The van der Waals surface area contributed by atoms with Crippen LogP contribution in [-0.4, -0.2) is 47.0 Å². The molecule has 6 nitrogen and oxygen atoms in total. The van der Waals surface area contributed by atoms with Crippen LogP contribution in [-0.2, 0) is 0 Å². The molecule has 0 radical (unpaired) electrons. The Bertz CT molecular complexity index is 625. The summed E-state index contributed by atoms with van der Waals surface area (Å²) in [6.45, 7) is 1.88. The molecule has 7 heteroatoms. The van der Waals surface area contributed by atoms with Crippen LogP contribution in [0, 0.1) is 0 Å². The number of aromatic amines is 2. The van der Waals surface area contributed by atoms with Crippen LogP contribution in [0.15, 0.2) is 23.0 Å². The van der Waals surface area contributed by atoms with Crippen LogP contribution in [0.25, 0.3) is 11.0 Å². The van der Waals surface area contributed by atoms with Crippen molar-refractivity contribution in [1.82, 2.24) is 15.3 Å². The summed E-state index contributed by atoms with van der Waals surface area (Å²) >= 11 is 0. The van der Waals surface area contributed by atoms with E-state index in [1.165, 1.54) is 0 Å². The van der Waals surface area contributed by atoms with Gasteiger partial charge in [0.25, 0.3) is 0 Å². The predicted molar refractivity (Wildman–Crippen MR) is 78.5 cm³/mol. The molecule has 1 unspecified atom stereocenters. The smallest absolute Gasteiger partial charge is 0.323 e. The number of nitrogens with one attached hydrogen (secondary N) is 3. The van der Waals surface area contributed by atoms with Crippen LogP contribution in [0.5, 0.6) is 5.75 Å². The molecule has 0 spiro atoms. The molecule has 0 fully saturated rings. The fourth-order valence-corrected chi connectivity index (χ4v) is 2.00. The maximum atomic E-state index is 12.1. The SMILES string of the molecule is CC(CC[18F])NC[C@H](O)COc1cccc2[nH]c(=O)[nH]c12. The number of aliphatic hydroxyl groups is 1. The third-order valence-corrected chi connectivity index (χ3v) is 3.19. The minimum Gasteiger partial charge on any atom is -0.489 e. The third kappa shape index (κ3) is 4.30. The summed E-state index contributed by atoms with van der Waals surface area (Å²) < 4.78 is 17.7. The average molecular weight is 296 g/mol. The Morgan fingerprint density at radius 2 is 2.24 bits per heavy atom. The molecule has 0 amide bonds. The van der Waals surface area contributed by atoms with Crippen molar-refractivity contribution < 1.29 is 14.2 Å². The molecule has 2 rings (SSSR count). The molecule has 0 bridgehead atoms. The first-order chi connectivity index (χ1) is 10.1. The third-order valence-electron chi connectivity index (χ3n) is 3.19. The molecule has 1 aromatic heterocycles. The second-order valence-corrected chi connectivity index (χ2v) is 5.01. The number of halogens is 1. The molecular formula is C14H20FN3O3. The molecule has 2 aromatic rings. The maximum absolute atomic E-state index is 12.1. The summed E-state index contributed by atoms with van der Waals surface area (Å²) in [4.78, 5) is 16.5. The second kappa shape index (κ2) is 7.24. The number of benzene rings is 1. The van der Waals surface area contributed by atoms with E-state index in [0.717, 1.165) is 0 Å². The van der Waals surface area contributed by atoms with Crippen LogP contribution in [0.3, 0.4) is 0 Å². The summed E-state index contributed by atoms with van der Waals surface area (Å²) in [7, 11) is 0. The van der Waals surface area contributed by atoms with E-state index in [2.05, 4.69) is 15.3 Å². The van der Waals surface area contributed by atoms with Gasteiger partial charge in [-0.3, -0.25) is 4.39 Å². The monoisotopic (exact) mass is 296 g/mol. The first-order valence-corrected chi connectivity index (χ1v) is 6.91. The van der Waals surface area contributed by atoms with Crippen molar-refractivity contribution in [2.24, 2.45) is 0 Å². The summed E-state index contributed by atoms with van der Waals surface area (Å²) in [6, 6.07) is 5.25. The molecule has 2 atom stereocenters. The van der Waals surface area contributed by atoms with Crippen molar-refractivity contribution in [2.45, 2.75) is 25.5 Å². The number of hydrogen-bond acceptors (Lipinski definition) is 4. The van der Waals surface area contributed by atoms with Gasteiger partial charge in [-0.15, -0.1) is 0 Å². The standard InChI is InChI=1S/C14H20FN3O3/c1-9(5-6-15)16-7-10(19)8-21-12-4-2-3-11-13(12)18-14(20)17-11/h2-4,9-10,16,19H,5-8H2,1H3,(H2,17,18,20)/t9?,10-/m0/s1/i15-1. The molecule has 1 aromatic carbocycles. The topological polar surface area (TPSA) is 90.1 Å². The number of aliphatic hydroxyl groups excluding tert-OH is 1. The molecule has 0 aliphatic rings. The van der Waals surface area contributed by atoms with Crippen LogP contribution in [0.2, 0.25) is 0 Å². The summed E-state index contributed by atoms with van der Waals surface area (Å²) in [6.07, 6.45) is -0.301. The molecule has 0 saturated heterocycles. The van der Waals surface area contributed by atoms with Crippen molar-refractivity contribution in [3.8, 4) is 5.75 Å². The molecule has 0 aliphatic carbocycles. The first kappa shape index (κ1) is 15.5. The molecule has 0 aliphatic heterocycles. The van der Waals surface area contributed by atoms with E-state index in [-0.39, 0.29) is 25.0 Å². The number of H-pyrrole nitrogens is 2. The van der Waals surface area contributed by atoms with Crippen molar-refractivity contribution in [3.63, 3.8) is 0 Å². The summed E-state index contributed by atoms with van der Waals surface area (Å²) in [5.41, 5.74) is 0.929. The Morgan fingerprint density at radius 1 is 1.43 bits per heavy atom. The molecule has 1 heterocycles. The number of ether oxygens (including phenoxy) is 1. The Morgan fingerprint density at radius 3 is 3.00 bits per heavy atom. The Labute approximate surface area is 121 Å². The lowest BCUT2D eigenvalue weighted by atomic mass is 10.2. The number of rotatable bonds is 8. The van der Waals surface area contributed by atoms with E-state index in [1.54, 1.807) is 18.2 Å². The molecular weight excluding hydrogens is 276 g/mol. The number of aromatic nitrogens is 2. The van der Waals surface area contributed by atoms with E-state index in [9.17, 15) is 14.3 Å². The van der Waals surface area contributed by atoms with E-state index in [0.29, 0.717) is 29.7 Å². The highest BCUT2D eigenvalue weighted by Crippen LogP contribution is 2.20. The lowest BCUT2D eigenvalue weighted by molar-refractivity contribution is 0.104. The number of fused-ring (bicyclic) bond motifs is 1. The van der Waals surface area contributed by atoms with Crippen molar-refractivity contribution >= 4 is 11.0 Å². The van der Waals surface area contributed by atoms with Gasteiger partial charge < -0.3 is 25.1 Å². The van der Waals surface area contributed by atoms with Gasteiger partial charge in [0.05, 0.1) is 12.2 Å². The Kier molecular flexibility index (Phi) is 5.35. The molecule has 4 N–H and O–H groups in total. The van der Waals surface area contributed by atoms with Gasteiger partial charge in [-0.2, -0.15) is 0 Å². The second-order valence-electron chi connectivity index (χ2n) is 5.01. The fraction of sp³-hybridized carbons (Fsp3) is 0.500. The van der Waals surface area contributed by atoms with E-state index >= 15 is 0 Å². The summed E-state index contributed by atoms with van der Waals surface area (Å²) in [5, 5.41) is 12.9. The number of hydrogen-bond donors (Lipinski definition) is 4. The number of alkyl halides is 1. The Hall–Kier alpha value is -1.86. The van der Waals surface area contributed by atoms with Crippen molar-refractivity contribution in [2.75, 3.05) is 19.8 Å². The van der Waals surface area contributed by atoms with Crippen LogP contribution in [0.1, 0.15) is 13.3 Å². The molecule has 21 heavy (non-hydrogen) atoms. The summed E-state index contributed by atoms with van der Waals surface area (Å²) in [5.74, 6) is 0.502. The van der Waals surface area contributed by atoms with Crippen molar-refractivity contribution in [1.29, 1.82) is 0 Å². The lowest BCUT2D eigenvalue weighted by Gasteiger charge is -2.16. The highest BCUT2D eigenvalue weighted by molar-refractivity contribution is 5.80. The highest BCUT2D eigenvalue weighted by atomic mass is 18.2. The van der Waals surface area contributed by atoms with E-state index < -0.39 is 6.10 Å². The zero-order chi connectivity index (χ0) is 15.2. The first-order valence-electron chi connectivity index (χ1n) is 6.91. The maximum Gasteiger partial charge on any atom is 0.323 e. The molecule has 0 saturated carbocycles. The van der Waals surface area contributed by atoms with Gasteiger partial charge in [0.15, 0.2) is 0 Å². The van der Waals surface area contributed by atoms with Gasteiger partial charge in [0.1, 0.15) is 24.0 Å². The van der Waals surface area contributed by atoms with Gasteiger partial charge >= 0.3 is 5.69 Å². The Balaban J connectivity index is 1.88. The van der Waals surface area contributed by atoms with Gasteiger partial charge in [0, 0.05) is 12.6 Å². The van der Waals surface area contributed by atoms with Crippen LogP contribution < -0.4 is 15.7 Å². The van der Waals surface area contributed by atoms with Gasteiger partial charge in [-0.25, -0.2) is 4.79 Å². The quantitative estimate of drug-likeness (QED) is 0.583. The zero-order valence-corrected chi connectivity index (χ0v) is 11.9. The van der Waals surface area contributed by atoms with Gasteiger partial charge in [0.2, 0.25) is 0 Å². The van der Waals surface area contributed by atoms with E-state index in [4.69, 9.17) is 4.74 Å². The lowest BCUT2D eigenvalue weighted by Crippen LogP contribution is -2.36. The van der Waals surface area contributed by atoms with Crippen LogP contribution >= 0.6 is 0 Å². The number of para-hydroxylation sites is 1. The average Bonchev–Trinajstić information content (AvgIpc) is 2.84. The largest absolute Gasteiger partial charge is 0.489 e. The van der Waals surface area contributed by atoms with Crippen LogP contribution in [0.4, 0.5) is 4.39 Å². The number of imidazole rings is 1. The highest BCUT2D eigenvalue weighted by Gasteiger charge is 2.10. The zero-order valence-electron chi connectivity index (χ0n) is 11.9. The fourth-order valence-electron chi connectivity index (χ4n) is 2.00. The van der Waals surface area contributed by atoms with E-state index in [1.807, 2.05) is 6.92 Å².